The molecule has 0 aromatic heterocycles. The highest BCUT2D eigenvalue weighted by molar-refractivity contribution is 5.89. The zero-order valence-electron chi connectivity index (χ0n) is 14.1. The Bertz CT molecular complexity index is 633. The Balaban J connectivity index is 1.77. The molecule has 4 nitrogen and oxygen atoms in total. The summed E-state index contributed by atoms with van der Waals surface area (Å²) < 4.78 is 19.8. The average molecular weight is 333 g/mol. The van der Waals surface area contributed by atoms with Crippen molar-refractivity contribution in [3.63, 3.8) is 0 Å². The van der Waals surface area contributed by atoms with Crippen LogP contribution in [-0.2, 0) is 26.2 Å². The zero-order chi connectivity index (χ0) is 17.2. The summed E-state index contributed by atoms with van der Waals surface area (Å²) in [6.45, 7) is 3.93. The fraction of sp³-hybridized carbons (Fsp3) is 0.579. The Labute approximate surface area is 142 Å². The predicted molar refractivity (Wildman–Crippen MR) is 88.3 cm³/mol. The van der Waals surface area contributed by atoms with Crippen molar-refractivity contribution in [3.8, 4) is 0 Å². The van der Waals surface area contributed by atoms with E-state index in [1.54, 1.807) is 17.9 Å². The lowest BCUT2D eigenvalue weighted by Crippen LogP contribution is -2.43. The van der Waals surface area contributed by atoms with E-state index in [0.717, 1.165) is 12.0 Å². The Morgan fingerprint density at radius 1 is 1.25 bits per heavy atom. The Hall–Kier alpha value is -1.75. The van der Waals surface area contributed by atoms with Crippen molar-refractivity contribution >= 4 is 11.7 Å². The molecule has 1 aromatic rings. The normalized spacial score (nSPS) is 19.7. The molecule has 1 aliphatic heterocycles. The van der Waals surface area contributed by atoms with Gasteiger partial charge in [0.05, 0.1) is 18.6 Å². The van der Waals surface area contributed by atoms with E-state index >= 15 is 0 Å². The number of aryl methyl sites for hydroxylation is 1. The number of morpholine rings is 1. The molecule has 1 aromatic carbocycles. The molecule has 0 radical (unpaired) electrons. The van der Waals surface area contributed by atoms with Gasteiger partial charge in [0.15, 0.2) is 0 Å². The van der Waals surface area contributed by atoms with Crippen LogP contribution in [0.5, 0.6) is 0 Å². The molecule has 2 aliphatic rings. The number of ketones is 1. The van der Waals surface area contributed by atoms with Crippen molar-refractivity contribution in [1.82, 2.24) is 4.90 Å². The molecular formula is C19H24FNO3. The van der Waals surface area contributed by atoms with E-state index in [-0.39, 0.29) is 17.5 Å². The van der Waals surface area contributed by atoms with Crippen LogP contribution in [0.4, 0.5) is 4.39 Å². The highest BCUT2D eigenvalue weighted by atomic mass is 19.1. The second-order valence-electron chi connectivity index (χ2n) is 6.76. The number of carbonyl (C=O) groups is 2. The molecule has 1 saturated heterocycles. The summed E-state index contributed by atoms with van der Waals surface area (Å²) in [7, 11) is 0. The van der Waals surface area contributed by atoms with Crippen LogP contribution in [0.15, 0.2) is 18.2 Å². The molecule has 0 atom stereocenters. The SMILES string of the molecule is CC(=O)C1(c2c(F)cccc2CCC(=O)N2CCOCC2)CCC1. The van der Waals surface area contributed by atoms with Crippen LogP contribution in [0.2, 0.25) is 0 Å². The molecule has 2 fully saturated rings. The van der Waals surface area contributed by atoms with Gasteiger partial charge in [0, 0.05) is 25.1 Å². The second kappa shape index (κ2) is 7.01. The van der Waals surface area contributed by atoms with Crippen molar-refractivity contribution in [3.05, 3.63) is 35.1 Å². The van der Waals surface area contributed by atoms with Gasteiger partial charge in [0.1, 0.15) is 11.6 Å². The molecule has 0 spiro atoms. The van der Waals surface area contributed by atoms with Gasteiger partial charge in [-0.1, -0.05) is 18.6 Å². The number of rotatable bonds is 5. The highest BCUT2D eigenvalue weighted by Gasteiger charge is 2.46. The van der Waals surface area contributed by atoms with Gasteiger partial charge in [0.25, 0.3) is 0 Å². The van der Waals surface area contributed by atoms with Crippen LogP contribution in [0.3, 0.4) is 0 Å². The minimum Gasteiger partial charge on any atom is -0.378 e. The molecule has 5 heteroatoms. The molecule has 3 rings (SSSR count). The standard InChI is InChI=1S/C19H24FNO3/c1-14(22)19(8-3-9-19)18-15(4-2-5-16(18)20)6-7-17(23)21-10-12-24-13-11-21/h2,4-5H,3,6-13H2,1H3. The number of ether oxygens (including phenoxy) is 1. The summed E-state index contributed by atoms with van der Waals surface area (Å²) >= 11 is 0. The smallest absolute Gasteiger partial charge is 0.223 e. The Morgan fingerprint density at radius 2 is 1.96 bits per heavy atom. The first-order valence-electron chi connectivity index (χ1n) is 8.69. The molecular weight excluding hydrogens is 309 g/mol. The number of Topliss-reactive ketones (excluding diaryl/α,β-unsaturated/α-hetero) is 1. The van der Waals surface area contributed by atoms with Gasteiger partial charge in [0.2, 0.25) is 5.91 Å². The molecule has 130 valence electrons. The number of hydrogen-bond acceptors (Lipinski definition) is 3. The first-order valence-corrected chi connectivity index (χ1v) is 8.69. The van der Waals surface area contributed by atoms with Crippen molar-refractivity contribution in [2.75, 3.05) is 26.3 Å². The number of benzene rings is 1. The average Bonchev–Trinajstić information content (AvgIpc) is 2.54. The molecule has 1 saturated carbocycles. The third-order valence-electron chi connectivity index (χ3n) is 5.43. The molecule has 24 heavy (non-hydrogen) atoms. The molecule has 0 bridgehead atoms. The number of nitrogens with zero attached hydrogens (tertiary/aromatic N) is 1. The fourth-order valence-electron chi connectivity index (χ4n) is 3.83. The van der Waals surface area contributed by atoms with E-state index < -0.39 is 5.41 Å². The lowest BCUT2D eigenvalue weighted by Gasteiger charge is -2.41. The van der Waals surface area contributed by atoms with E-state index in [0.29, 0.717) is 57.6 Å². The molecule has 1 aliphatic carbocycles. The summed E-state index contributed by atoms with van der Waals surface area (Å²) in [6, 6.07) is 4.94. The van der Waals surface area contributed by atoms with Gasteiger partial charge in [-0.05, 0) is 37.8 Å². The Kier molecular flexibility index (Phi) is 4.99. The minimum atomic E-state index is -0.678. The van der Waals surface area contributed by atoms with Crippen LogP contribution in [0, 0.1) is 5.82 Å². The van der Waals surface area contributed by atoms with E-state index in [9.17, 15) is 14.0 Å². The van der Waals surface area contributed by atoms with Gasteiger partial charge < -0.3 is 9.64 Å². The molecule has 1 amide bonds. The summed E-state index contributed by atoms with van der Waals surface area (Å²) in [5, 5.41) is 0. The summed E-state index contributed by atoms with van der Waals surface area (Å²) in [5.74, 6) is -0.222. The molecule has 0 unspecified atom stereocenters. The lowest BCUT2D eigenvalue weighted by molar-refractivity contribution is -0.135. The van der Waals surface area contributed by atoms with Crippen LogP contribution >= 0.6 is 0 Å². The zero-order valence-corrected chi connectivity index (χ0v) is 14.1. The maximum absolute atomic E-state index is 14.5. The third-order valence-corrected chi connectivity index (χ3v) is 5.43. The van der Waals surface area contributed by atoms with Crippen molar-refractivity contribution in [2.45, 2.75) is 44.4 Å². The first-order chi connectivity index (χ1) is 11.5. The van der Waals surface area contributed by atoms with E-state index in [4.69, 9.17) is 4.74 Å². The number of hydrogen-bond donors (Lipinski definition) is 0. The van der Waals surface area contributed by atoms with Gasteiger partial charge in [-0.15, -0.1) is 0 Å². The third kappa shape index (κ3) is 3.09. The quantitative estimate of drug-likeness (QED) is 0.832. The summed E-state index contributed by atoms with van der Waals surface area (Å²) in [6.07, 6.45) is 3.16. The monoisotopic (exact) mass is 333 g/mol. The second-order valence-corrected chi connectivity index (χ2v) is 6.76. The van der Waals surface area contributed by atoms with Crippen LogP contribution in [0.1, 0.15) is 43.7 Å². The predicted octanol–water partition coefficient (Wildman–Crippen LogP) is 2.63. The summed E-state index contributed by atoms with van der Waals surface area (Å²) in [5.41, 5.74) is 0.646. The number of carbonyl (C=O) groups excluding carboxylic acids is 2. The van der Waals surface area contributed by atoms with Gasteiger partial charge in [-0.2, -0.15) is 0 Å². The first kappa shape index (κ1) is 17.1. The van der Waals surface area contributed by atoms with Gasteiger partial charge in [-0.25, -0.2) is 4.39 Å². The molecule has 0 N–H and O–H groups in total. The summed E-state index contributed by atoms with van der Waals surface area (Å²) in [4.78, 5) is 26.3. The van der Waals surface area contributed by atoms with Crippen LogP contribution < -0.4 is 0 Å². The van der Waals surface area contributed by atoms with E-state index in [2.05, 4.69) is 0 Å². The van der Waals surface area contributed by atoms with Gasteiger partial charge in [-0.3, -0.25) is 9.59 Å². The number of halogens is 1. The topological polar surface area (TPSA) is 46.6 Å². The van der Waals surface area contributed by atoms with E-state index in [1.165, 1.54) is 6.07 Å². The molecule has 1 heterocycles. The fourth-order valence-corrected chi connectivity index (χ4v) is 3.83. The lowest BCUT2D eigenvalue weighted by atomic mass is 9.61. The largest absolute Gasteiger partial charge is 0.378 e. The highest BCUT2D eigenvalue weighted by Crippen LogP contribution is 2.47. The van der Waals surface area contributed by atoms with Crippen molar-refractivity contribution < 1.29 is 18.7 Å². The maximum Gasteiger partial charge on any atom is 0.223 e. The minimum absolute atomic E-state index is 0.0274. The number of amides is 1. The van der Waals surface area contributed by atoms with Crippen LogP contribution in [-0.4, -0.2) is 42.9 Å². The van der Waals surface area contributed by atoms with Crippen molar-refractivity contribution in [2.24, 2.45) is 0 Å². The van der Waals surface area contributed by atoms with E-state index in [1.807, 2.05) is 6.07 Å². The van der Waals surface area contributed by atoms with Crippen molar-refractivity contribution in [1.29, 1.82) is 0 Å². The van der Waals surface area contributed by atoms with Gasteiger partial charge >= 0.3 is 0 Å². The maximum atomic E-state index is 14.5. The Morgan fingerprint density at radius 3 is 2.54 bits per heavy atom. The van der Waals surface area contributed by atoms with Crippen LogP contribution in [0.25, 0.3) is 0 Å².